The molecular weight excluding hydrogens is 226 g/mol. The Morgan fingerprint density at radius 2 is 2.12 bits per heavy atom. The Morgan fingerprint density at radius 3 is 2.50 bits per heavy atom. The predicted octanol–water partition coefficient (Wildman–Crippen LogP) is 1.28. The van der Waals surface area contributed by atoms with Crippen molar-refractivity contribution in [1.82, 2.24) is 0 Å². The second-order valence-electron chi connectivity index (χ2n) is 5.52. The number of carbonyl (C=O) groups is 1. The molecule has 0 N–H and O–H groups in total. The van der Waals surface area contributed by atoms with E-state index in [9.17, 15) is 13.2 Å². The summed E-state index contributed by atoms with van der Waals surface area (Å²) in [5.41, 5.74) is -1.08. The lowest BCUT2D eigenvalue weighted by Gasteiger charge is -2.35. The number of thiocyanates is 1. The summed E-state index contributed by atoms with van der Waals surface area (Å²) in [5.74, 6) is 0.0280. The highest BCUT2D eigenvalue weighted by Crippen LogP contribution is 2.64. The summed E-state index contributed by atoms with van der Waals surface area (Å²) < 4.78 is 22.9. The number of hydrogen-bond acceptors (Lipinski definition) is 4. The predicted molar refractivity (Wildman–Crippen MR) is 58.0 cm³/mol. The fourth-order valence-corrected chi connectivity index (χ4v) is 4.86. The Hall–Kier alpha value is -0.890. The molecule has 0 spiro atoms. The number of hydrogen-bond donors (Lipinski definition) is 0. The molecule has 16 heavy (non-hydrogen) atoms. The number of fused-ring (bicyclic) bond motifs is 2. The molecule has 2 fully saturated rings. The van der Waals surface area contributed by atoms with Crippen LogP contribution in [-0.4, -0.2) is 20.0 Å². The van der Waals surface area contributed by atoms with Crippen LogP contribution in [0.3, 0.4) is 0 Å². The molecule has 2 saturated carbocycles. The van der Waals surface area contributed by atoms with Crippen LogP contribution in [0, 0.1) is 27.4 Å². The van der Waals surface area contributed by atoms with Crippen LogP contribution < -0.4 is 0 Å². The molecule has 0 aromatic heterocycles. The summed E-state index contributed by atoms with van der Waals surface area (Å²) in [6.07, 6.45) is 2.00. The van der Waals surface area contributed by atoms with Crippen LogP contribution in [0.5, 0.6) is 0 Å². The van der Waals surface area contributed by atoms with Crippen molar-refractivity contribution in [2.75, 3.05) is 5.75 Å². The third-order valence-corrected chi connectivity index (χ3v) is 5.87. The van der Waals surface area contributed by atoms with Gasteiger partial charge in [-0.15, -0.1) is 0 Å². The van der Waals surface area contributed by atoms with E-state index in [-0.39, 0.29) is 22.9 Å². The zero-order valence-corrected chi connectivity index (χ0v) is 10.3. The van der Waals surface area contributed by atoms with Crippen LogP contribution in [-0.2, 0) is 14.6 Å². The maximum atomic E-state index is 12.0. The topological polar surface area (TPSA) is 75.0 Å². The van der Waals surface area contributed by atoms with Crippen molar-refractivity contribution in [2.45, 2.75) is 33.1 Å². The van der Waals surface area contributed by atoms with Gasteiger partial charge >= 0.3 is 0 Å². The van der Waals surface area contributed by atoms with Crippen LogP contribution >= 0.6 is 0 Å². The molecule has 0 radical (unpaired) electrons. The monoisotopic (exact) mass is 241 g/mol. The molecule has 4 nitrogen and oxygen atoms in total. The summed E-state index contributed by atoms with van der Waals surface area (Å²) in [4.78, 5) is 12.0. The van der Waals surface area contributed by atoms with Crippen LogP contribution in [0.15, 0.2) is 0 Å². The molecule has 0 amide bonds. The molecule has 2 bridgehead atoms. The Bertz CT molecular complexity index is 486. The third kappa shape index (κ3) is 1.26. The van der Waals surface area contributed by atoms with Gasteiger partial charge in [0.05, 0.1) is 5.75 Å². The van der Waals surface area contributed by atoms with Crippen LogP contribution in [0.1, 0.15) is 33.1 Å². The number of rotatable bonds is 2. The number of sulfone groups is 1. The molecule has 2 unspecified atom stereocenters. The van der Waals surface area contributed by atoms with Gasteiger partial charge in [0.25, 0.3) is 0 Å². The largest absolute Gasteiger partial charge is 0.299 e. The second-order valence-corrected chi connectivity index (χ2v) is 7.22. The van der Waals surface area contributed by atoms with Gasteiger partial charge in [0.15, 0.2) is 5.40 Å². The molecular formula is C11H15NO3S. The number of nitrogens with zero attached hydrogens (tertiary/aromatic N) is 1. The van der Waals surface area contributed by atoms with Gasteiger partial charge in [0.1, 0.15) is 5.78 Å². The average molecular weight is 241 g/mol. The van der Waals surface area contributed by atoms with Crippen LogP contribution in [0.4, 0.5) is 0 Å². The first-order valence-corrected chi connectivity index (χ1v) is 7.07. The SMILES string of the molecule is CC1(C)C2CCC1(CS(=O)(=O)C#N)C(=O)C2. The van der Waals surface area contributed by atoms with Crippen molar-refractivity contribution in [2.24, 2.45) is 16.7 Å². The van der Waals surface area contributed by atoms with E-state index in [1.807, 2.05) is 13.8 Å². The van der Waals surface area contributed by atoms with Gasteiger partial charge in [-0.1, -0.05) is 13.8 Å². The van der Waals surface area contributed by atoms with E-state index in [1.165, 1.54) is 5.40 Å². The summed E-state index contributed by atoms with van der Waals surface area (Å²) in [7, 11) is -3.77. The molecule has 2 aliphatic rings. The normalized spacial score (nSPS) is 36.3. The Balaban J connectivity index is 2.45. The lowest BCUT2D eigenvalue weighted by atomic mass is 9.70. The molecule has 2 rings (SSSR count). The van der Waals surface area contributed by atoms with Gasteiger partial charge in [-0.05, 0) is 24.2 Å². The molecule has 0 aromatic rings. The van der Waals surface area contributed by atoms with Crippen LogP contribution in [0.2, 0.25) is 0 Å². The molecule has 0 aromatic carbocycles. The smallest absolute Gasteiger partial charge is 0.242 e. The standard InChI is InChI=1S/C11H15NO3S/c1-10(2)8-3-4-11(10,9(13)5-8)6-16(14,15)7-12/h8H,3-6H2,1-2H3. The fraction of sp³-hybridized carbons (Fsp3) is 0.818. The lowest BCUT2D eigenvalue weighted by molar-refractivity contribution is -0.128. The first-order chi connectivity index (χ1) is 7.25. The van der Waals surface area contributed by atoms with Gasteiger partial charge in [-0.2, -0.15) is 5.26 Å². The first-order valence-electron chi connectivity index (χ1n) is 5.42. The highest BCUT2D eigenvalue weighted by Gasteiger charge is 2.65. The van der Waals surface area contributed by atoms with Gasteiger partial charge in [0.2, 0.25) is 9.84 Å². The quantitative estimate of drug-likeness (QED) is 0.539. The number of nitriles is 1. The van der Waals surface area contributed by atoms with Crippen molar-refractivity contribution in [3.63, 3.8) is 0 Å². The Morgan fingerprint density at radius 1 is 1.50 bits per heavy atom. The van der Waals surface area contributed by atoms with Crippen molar-refractivity contribution in [3.8, 4) is 5.40 Å². The molecule has 0 saturated heterocycles. The minimum absolute atomic E-state index is 0.0348. The van der Waals surface area contributed by atoms with Gasteiger partial charge in [0, 0.05) is 11.8 Å². The van der Waals surface area contributed by atoms with E-state index in [4.69, 9.17) is 5.26 Å². The second kappa shape index (κ2) is 3.07. The third-order valence-electron chi connectivity index (χ3n) is 4.71. The molecule has 0 heterocycles. The minimum Gasteiger partial charge on any atom is -0.299 e. The first kappa shape index (κ1) is 11.6. The number of ketones is 1. The van der Waals surface area contributed by atoms with E-state index in [0.29, 0.717) is 12.8 Å². The van der Waals surface area contributed by atoms with Crippen molar-refractivity contribution in [1.29, 1.82) is 5.26 Å². The zero-order valence-electron chi connectivity index (χ0n) is 9.49. The number of carbonyl (C=O) groups excluding carboxylic acids is 1. The Labute approximate surface area is 95.6 Å². The van der Waals surface area contributed by atoms with E-state index in [2.05, 4.69) is 0 Å². The van der Waals surface area contributed by atoms with Crippen molar-refractivity contribution >= 4 is 15.6 Å². The summed E-state index contributed by atoms with van der Waals surface area (Å²) >= 11 is 0. The van der Waals surface area contributed by atoms with E-state index in [0.717, 1.165) is 6.42 Å². The molecule has 2 aliphatic carbocycles. The van der Waals surface area contributed by atoms with Crippen molar-refractivity contribution < 1.29 is 13.2 Å². The summed E-state index contributed by atoms with van der Waals surface area (Å²) in [6.45, 7) is 3.92. The Kier molecular flexibility index (Phi) is 2.22. The lowest BCUT2D eigenvalue weighted by Crippen LogP contribution is -2.41. The average Bonchev–Trinajstić information content (AvgIpc) is 2.51. The minimum atomic E-state index is -3.77. The van der Waals surface area contributed by atoms with Gasteiger partial charge in [-0.3, -0.25) is 4.79 Å². The summed E-state index contributed by atoms with van der Waals surface area (Å²) in [5, 5.41) is 9.91. The van der Waals surface area contributed by atoms with Crippen molar-refractivity contribution in [3.05, 3.63) is 0 Å². The van der Waals surface area contributed by atoms with E-state index < -0.39 is 15.3 Å². The highest BCUT2D eigenvalue weighted by atomic mass is 32.2. The van der Waals surface area contributed by atoms with E-state index in [1.54, 1.807) is 0 Å². The molecule has 0 aliphatic heterocycles. The maximum Gasteiger partial charge on any atom is 0.242 e. The summed E-state index contributed by atoms with van der Waals surface area (Å²) in [6, 6.07) is 0. The number of Topliss-reactive ketones (excluding diaryl/α,β-unsaturated/α-hetero) is 1. The van der Waals surface area contributed by atoms with Crippen LogP contribution in [0.25, 0.3) is 0 Å². The fourth-order valence-electron chi connectivity index (χ4n) is 3.46. The molecule has 88 valence electrons. The maximum absolute atomic E-state index is 12.0. The molecule has 2 atom stereocenters. The van der Waals surface area contributed by atoms with Gasteiger partial charge < -0.3 is 0 Å². The molecule has 5 heteroatoms. The van der Waals surface area contributed by atoms with E-state index >= 15 is 0 Å². The highest BCUT2D eigenvalue weighted by molar-refractivity contribution is 7.95. The zero-order chi connectivity index (χ0) is 12.2. The van der Waals surface area contributed by atoms with Gasteiger partial charge in [-0.25, -0.2) is 8.42 Å².